The second kappa shape index (κ2) is 10.8. The predicted octanol–water partition coefficient (Wildman–Crippen LogP) is -3.17. The zero-order valence-corrected chi connectivity index (χ0v) is 17.3. The Hall–Kier alpha value is -1.87. The van der Waals surface area contributed by atoms with Crippen LogP contribution >= 0.6 is 0 Å². The Kier molecular flexibility index (Phi) is 8.38. The van der Waals surface area contributed by atoms with Gasteiger partial charge in [-0.25, -0.2) is 0 Å². The Morgan fingerprint density at radius 1 is 0.906 bits per heavy atom. The molecule has 2 aliphatic rings. The minimum Gasteiger partial charge on any atom is -0.463 e. The summed E-state index contributed by atoms with van der Waals surface area (Å²) in [5.74, 6) is -0.121. The summed E-state index contributed by atoms with van der Waals surface area (Å²) in [5.41, 5.74) is 0. The zero-order valence-electron chi connectivity index (χ0n) is 17.3. The van der Waals surface area contributed by atoms with E-state index in [0.29, 0.717) is 5.75 Å². The molecule has 3 rings (SSSR count). The lowest BCUT2D eigenvalue weighted by molar-refractivity contribution is -0.339. The van der Waals surface area contributed by atoms with Crippen LogP contribution in [0.15, 0.2) is 30.3 Å². The highest BCUT2D eigenvalue weighted by Crippen LogP contribution is 2.30. The van der Waals surface area contributed by atoms with Crippen molar-refractivity contribution in [2.24, 2.45) is 0 Å². The van der Waals surface area contributed by atoms with Gasteiger partial charge in [0.1, 0.15) is 54.5 Å². The molecule has 10 unspecified atom stereocenters. The van der Waals surface area contributed by atoms with Gasteiger partial charge in [-0.05, 0) is 12.1 Å². The van der Waals surface area contributed by atoms with Crippen molar-refractivity contribution >= 4 is 5.91 Å². The van der Waals surface area contributed by atoms with Gasteiger partial charge in [-0.15, -0.1) is 0 Å². The molecule has 12 nitrogen and oxygen atoms in total. The zero-order chi connectivity index (χ0) is 23.4. The Morgan fingerprint density at radius 2 is 1.50 bits per heavy atom. The highest BCUT2D eigenvalue weighted by molar-refractivity contribution is 5.73. The molecule has 0 radical (unpaired) electrons. The van der Waals surface area contributed by atoms with Gasteiger partial charge < -0.3 is 54.9 Å². The van der Waals surface area contributed by atoms with Gasteiger partial charge in [0.25, 0.3) is 0 Å². The van der Waals surface area contributed by atoms with Crippen LogP contribution in [0.1, 0.15) is 6.92 Å². The minimum atomic E-state index is -1.73. The molecule has 2 heterocycles. The van der Waals surface area contributed by atoms with Gasteiger partial charge in [0.15, 0.2) is 6.29 Å². The van der Waals surface area contributed by atoms with E-state index in [0.717, 1.165) is 0 Å². The van der Waals surface area contributed by atoms with Crippen molar-refractivity contribution in [1.29, 1.82) is 0 Å². The molecule has 0 aromatic heterocycles. The first-order valence-corrected chi connectivity index (χ1v) is 10.2. The normalized spacial score (nSPS) is 40.0. The summed E-state index contributed by atoms with van der Waals surface area (Å²) in [7, 11) is 0. The number of hydrogen-bond acceptors (Lipinski definition) is 11. The van der Waals surface area contributed by atoms with Crippen LogP contribution in [-0.2, 0) is 19.0 Å². The van der Waals surface area contributed by atoms with Gasteiger partial charge in [-0.1, -0.05) is 18.2 Å². The van der Waals surface area contributed by atoms with Gasteiger partial charge in [0.05, 0.1) is 13.2 Å². The highest BCUT2D eigenvalue weighted by Gasteiger charge is 2.52. The summed E-state index contributed by atoms with van der Waals surface area (Å²) in [4.78, 5) is 11.9. The van der Waals surface area contributed by atoms with E-state index >= 15 is 0 Å². The maximum absolute atomic E-state index is 11.9. The number of rotatable bonds is 7. The van der Waals surface area contributed by atoms with Crippen LogP contribution in [0.3, 0.4) is 0 Å². The monoisotopic (exact) mass is 459 g/mol. The van der Waals surface area contributed by atoms with E-state index in [9.17, 15) is 35.4 Å². The molecule has 0 saturated carbocycles. The van der Waals surface area contributed by atoms with Crippen molar-refractivity contribution in [1.82, 2.24) is 5.32 Å². The number of ether oxygens (including phenoxy) is 4. The molecule has 12 heteroatoms. The molecule has 1 aromatic carbocycles. The maximum Gasteiger partial charge on any atom is 0.223 e. The number of carbonyl (C=O) groups is 1. The first-order valence-electron chi connectivity index (χ1n) is 10.2. The summed E-state index contributed by atoms with van der Waals surface area (Å²) in [5, 5.41) is 62.7. The lowest BCUT2D eigenvalue weighted by Gasteiger charge is -2.47. The van der Waals surface area contributed by atoms with E-state index in [1.165, 1.54) is 6.92 Å². The van der Waals surface area contributed by atoms with Crippen LogP contribution in [0, 0.1) is 0 Å². The Labute approximate surface area is 183 Å². The van der Waals surface area contributed by atoms with Crippen LogP contribution in [0.25, 0.3) is 0 Å². The summed E-state index contributed by atoms with van der Waals surface area (Å²) >= 11 is 0. The topological polar surface area (TPSA) is 187 Å². The summed E-state index contributed by atoms with van der Waals surface area (Å²) in [6, 6.07) is 7.35. The molecule has 0 spiro atoms. The van der Waals surface area contributed by atoms with E-state index in [1.54, 1.807) is 30.3 Å². The van der Waals surface area contributed by atoms with E-state index in [4.69, 9.17) is 18.9 Å². The Morgan fingerprint density at radius 3 is 2.09 bits per heavy atom. The Balaban J connectivity index is 1.87. The first-order chi connectivity index (χ1) is 15.3. The van der Waals surface area contributed by atoms with Crippen molar-refractivity contribution in [3.05, 3.63) is 30.3 Å². The van der Waals surface area contributed by atoms with E-state index < -0.39 is 80.5 Å². The number of para-hydroxylation sites is 1. The molecule has 7 N–H and O–H groups in total. The van der Waals surface area contributed by atoms with E-state index in [2.05, 4.69) is 5.32 Å². The van der Waals surface area contributed by atoms with Crippen molar-refractivity contribution in [3.63, 3.8) is 0 Å². The number of carbonyl (C=O) groups excluding carboxylic acids is 1. The summed E-state index contributed by atoms with van der Waals surface area (Å²) < 4.78 is 22.5. The van der Waals surface area contributed by atoms with Gasteiger partial charge >= 0.3 is 0 Å². The Bertz CT molecular complexity index is 736. The van der Waals surface area contributed by atoms with Crippen LogP contribution in [0.4, 0.5) is 0 Å². The van der Waals surface area contributed by atoms with Crippen molar-refractivity contribution in [2.75, 3.05) is 13.2 Å². The van der Waals surface area contributed by atoms with Gasteiger partial charge in [-0.2, -0.15) is 0 Å². The SMILES string of the molecule is CC(=O)NC1C(Oc2ccccc2)OC(CO)C(O)C1OC1OC(CO)C(O)C(O)C1O. The van der Waals surface area contributed by atoms with Gasteiger partial charge in [0.2, 0.25) is 12.2 Å². The van der Waals surface area contributed by atoms with E-state index in [-0.39, 0.29) is 0 Å². The maximum atomic E-state index is 11.9. The fourth-order valence-electron chi connectivity index (χ4n) is 3.69. The smallest absolute Gasteiger partial charge is 0.223 e. The average molecular weight is 459 g/mol. The number of amides is 1. The fourth-order valence-corrected chi connectivity index (χ4v) is 3.69. The third-order valence-electron chi connectivity index (χ3n) is 5.36. The van der Waals surface area contributed by atoms with E-state index in [1.807, 2.05) is 0 Å². The summed E-state index contributed by atoms with van der Waals surface area (Å²) in [6.45, 7) is -0.0541. The molecule has 2 aliphatic heterocycles. The van der Waals surface area contributed by atoms with Gasteiger partial charge in [0, 0.05) is 6.92 Å². The summed E-state index contributed by atoms with van der Waals surface area (Å²) in [6.07, 6.45) is -13.1. The van der Waals surface area contributed by atoms with Crippen LogP contribution in [0.5, 0.6) is 5.75 Å². The van der Waals surface area contributed by atoms with Crippen LogP contribution < -0.4 is 10.1 Å². The van der Waals surface area contributed by atoms with Crippen molar-refractivity contribution in [3.8, 4) is 5.75 Å². The minimum absolute atomic E-state index is 0.382. The quantitative estimate of drug-likeness (QED) is 0.218. The molecule has 0 bridgehead atoms. The fraction of sp³-hybridized carbons (Fsp3) is 0.650. The lowest BCUT2D eigenvalue weighted by atomic mass is 9.95. The molecular weight excluding hydrogens is 430 g/mol. The molecule has 2 fully saturated rings. The lowest BCUT2D eigenvalue weighted by Crippen LogP contribution is -2.68. The van der Waals surface area contributed by atoms with Gasteiger partial charge in [-0.3, -0.25) is 4.79 Å². The molecule has 1 amide bonds. The third-order valence-corrected chi connectivity index (χ3v) is 5.36. The average Bonchev–Trinajstić information content (AvgIpc) is 2.78. The largest absolute Gasteiger partial charge is 0.463 e. The molecule has 180 valence electrons. The number of aliphatic hydroxyl groups is 6. The second-order valence-corrected chi connectivity index (χ2v) is 7.67. The van der Waals surface area contributed by atoms with Crippen LogP contribution in [-0.4, -0.2) is 111 Å². The van der Waals surface area contributed by atoms with Crippen molar-refractivity contribution in [2.45, 2.75) is 68.3 Å². The number of benzene rings is 1. The second-order valence-electron chi connectivity index (χ2n) is 7.67. The third kappa shape index (κ3) is 5.36. The molecule has 10 atom stereocenters. The molecule has 32 heavy (non-hydrogen) atoms. The van der Waals surface area contributed by atoms with Crippen LogP contribution in [0.2, 0.25) is 0 Å². The molecule has 2 saturated heterocycles. The molecular formula is C20H29NO11. The number of hydrogen-bond donors (Lipinski definition) is 7. The predicted molar refractivity (Wildman–Crippen MR) is 105 cm³/mol. The standard InChI is InChI=1S/C20H29NO11/c1-9(24)21-13-18(32-20-17(28)16(27)14(25)11(7-22)31-20)15(26)12(8-23)30-19(13)29-10-5-3-2-4-6-10/h2-6,11-20,22-23,25-28H,7-8H2,1H3,(H,21,24). The number of nitrogens with one attached hydrogen (secondary N) is 1. The van der Waals surface area contributed by atoms with Crippen molar-refractivity contribution < 1.29 is 54.4 Å². The molecule has 1 aromatic rings. The number of aliphatic hydroxyl groups excluding tert-OH is 6. The highest BCUT2D eigenvalue weighted by atomic mass is 16.7. The molecule has 0 aliphatic carbocycles. The first kappa shape index (κ1) is 24.8.